The van der Waals surface area contributed by atoms with Gasteiger partial charge in [0.05, 0.1) is 17.4 Å². The molecule has 0 radical (unpaired) electrons. The summed E-state index contributed by atoms with van der Waals surface area (Å²) in [6.07, 6.45) is 1.83. The maximum atomic E-state index is 13.1. The zero-order chi connectivity index (χ0) is 18.5. The summed E-state index contributed by atoms with van der Waals surface area (Å²) >= 11 is 0. The van der Waals surface area contributed by atoms with E-state index in [1.165, 1.54) is 0 Å². The number of hydrogen-bond acceptors (Lipinski definition) is 4. The SMILES string of the molecule is O=c1c2ccccc2nc(CCCN2CCNCC2)n1Cc1ccccc1. The number of para-hydroxylation sites is 1. The highest BCUT2D eigenvalue weighted by molar-refractivity contribution is 5.77. The lowest BCUT2D eigenvalue weighted by molar-refractivity contribution is 0.238. The average Bonchev–Trinajstić information content (AvgIpc) is 2.72. The predicted octanol–water partition coefficient (Wildman–Crippen LogP) is 2.28. The molecule has 0 aliphatic carbocycles. The van der Waals surface area contributed by atoms with Crippen molar-refractivity contribution >= 4 is 10.9 Å². The molecule has 0 atom stereocenters. The van der Waals surface area contributed by atoms with Gasteiger partial charge >= 0.3 is 0 Å². The van der Waals surface area contributed by atoms with Crippen molar-refractivity contribution in [2.45, 2.75) is 19.4 Å². The van der Waals surface area contributed by atoms with Gasteiger partial charge in [0.25, 0.3) is 5.56 Å². The number of aryl methyl sites for hydroxylation is 1. The van der Waals surface area contributed by atoms with E-state index in [1.54, 1.807) is 0 Å². The van der Waals surface area contributed by atoms with Crippen molar-refractivity contribution in [3.63, 3.8) is 0 Å². The Hall–Kier alpha value is -2.50. The van der Waals surface area contributed by atoms with Gasteiger partial charge in [-0.05, 0) is 30.7 Å². The number of fused-ring (bicyclic) bond motifs is 1. The molecule has 0 bridgehead atoms. The van der Waals surface area contributed by atoms with E-state index >= 15 is 0 Å². The van der Waals surface area contributed by atoms with Crippen molar-refractivity contribution in [1.82, 2.24) is 19.8 Å². The van der Waals surface area contributed by atoms with E-state index in [0.717, 1.165) is 62.5 Å². The molecule has 0 amide bonds. The van der Waals surface area contributed by atoms with E-state index < -0.39 is 0 Å². The third-order valence-electron chi connectivity index (χ3n) is 5.21. The van der Waals surface area contributed by atoms with E-state index in [2.05, 4.69) is 22.3 Å². The van der Waals surface area contributed by atoms with Gasteiger partial charge in [0, 0.05) is 32.6 Å². The molecule has 27 heavy (non-hydrogen) atoms. The van der Waals surface area contributed by atoms with Crippen LogP contribution in [0.1, 0.15) is 17.8 Å². The van der Waals surface area contributed by atoms with Gasteiger partial charge in [-0.3, -0.25) is 9.36 Å². The fourth-order valence-electron chi connectivity index (χ4n) is 3.73. The summed E-state index contributed by atoms with van der Waals surface area (Å²) in [5.74, 6) is 0.887. The minimum atomic E-state index is 0.0571. The Morgan fingerprint density at radius 2 is 1.70 bits per heavy atom. The first kappa shape index (κ1) is 17.9. The predicted molar refractivity (Wildman–Crippen MR) is 109 cm³/mol. The van der Waals surface area contributed by atoms with Crippen molar-refractivity contribution in [1.29, 1.82) is 0 Å². The Bertz CT molecular complexity index is 945. The number of aromatic nitrogens is 2. The molecule has 1 saturated heterocycles. The van der Waals surface area contributed by atoms with Gasteiger partial charge in [-0.1, -0.05) is 42.5 Å². The Morgan fingerprint density at radius 1 is 0.963 bits per heavy atom. The van der Waals surface area contributed by atoms with Crippen LogP contribution in [0.4, 0.5) is 0 Å². The highest BCUT2D eigenvalue weighted by atomic mass is 16.1. The van der Waals surface area contributed by atoms with E-state index in [9.17, 15) is 4.79 Å². The van der Waals surface area contributed by atoms with E-state index in [1.807, 2.05) is 47.0 Å². The van der Waals surface area contributed by atoms with Crippen LogP contribution in [0.15, 0.2) is 59.4 Å². The normalized spacial score (nSPS) is 15.3. The Kier molecular flexibility index (Phi) is 5.61. The summed E-state index contributed by atoms with van der Waals surface area (Å²) in [7, 11) is 0. The smallest absolute Gasteiger partial charge is 0.261 e. The van der Waals surface area contributed by atoms with Crippen LogP contribution >= 0.6 is 0 Å². The fraction of sp³-hybridized carbons (Fsp3) is 0.364. The minimum absolute atomic E-state index is 0.0571. The maximum absolute atomic E-state index is 13.1. The van der Waals surface area contributed by atoms with E-state index in [-0.39, 0.29) is 5.56 Å². The van der Waals surface area contributed by atoms with Gasteiger partial charge in [0.1, 0.15) is 5.82 Å². The molecule has 2 heterocycles. The summed E-state index contributed by atoms with van der Waals surface area (Å²) in [5.41, 5.74) is 1.98. The zero-order valence-electron chi connectivity index (χ0n) is 15.6. The third kappa shape index (κ3) is 4.26. The molecule has 1 N–H and O–H groups in total. The Morgan fingerprint density at radius 3 is 2.52 bits per heavy atom. The monoisotopic (exact) mass is 362 g/mol. The van der Waals surface area contributed by atoms with Crippen LogP contribution < -0.4 is 10.9 Å². The van der Waals surface area contributed by atoms with Gasteiger partial charge in [-0.2, -0.15) is 0 Å². The van der Waals surface area contributed by atoms with Gasteiger partial charge in [0.2, 0.25) is 0 Å². The second kappa shape index (κ2) is 8.46. The quantitative estimate of drug-likeness (QED) is 0.731. The van der Waals surface area contributed by atoms with Crippen LogP contribution in [-0.2, 0) is 13.0 Å². The number of benzene rings is 2. The summed E-state index contributed by atoms with van der Waals surface area (Å²) in [4.78, 5) is 20.5. The molecule has 2 aromatic carbocycles. The van der Waals surface area contributed by atoms with Crippen LogP contribution in [0, 0.1) is 0 Å². The first-order chi connectivity index (χ1) is 13.3. The number of rotatable bonds is 6. The molecular formula is C22H26N4O. The molecular weight excluding hydrogens is 336 g/mol. The standard InChI is InChI=1S/C22H26N4O/c27-22-19-9-4-5-10-20(19)24-21(11-6-14-25-15-12-23-13-16-25)26(22)17-18-7-2-1-3-8-18/h1-5,7-10,23H,6,11-17H2. The molecule has 1 aromatic heterocycles. The molecule has 3 aromatic rings. The number of hydrogen-bond donors (Lipinski definition) is 1. The lowest BCUT2D eigenvalue weighted by Gasteiger charge is -2.27. The Balaban J connectivity index is 1.60. The molecule has 5 heteroatoms. The highest BCUT2D eigenvalue weighted by Gasteiger charge is 2.13. The summed E-state index contributed by atoms with van der Waals surface area (Å²) < 4.78 is 1.86. The summed E-state index contributed by atoms with van der Waals surface area (Å²) in [6, 6.07) is 17.8. The fourth-order valence-corrected chi connectivity index (χ4v) is 3.73. The topological polar surface area (TPSA) is 50.2 Å². The first-order valence-corrected chi connectivity index (χ1v) is 9.77. The lowest BCUT2D eigenvalue weighted by Crippen LogP contribution is -2.43. The van der Waals surface area contributed by atoms with Crippen molar-refractivity contribution < 1.29 is 0 Å². The lowest BCUT2D eigenvalue weighted by atomic mass is 10.2. The zero-order valence-corrected chi connectivity index (χ0v) is 15.6. The number of nitrogens with zero attached hydrogens (tertiary/aromatic N) is 3. The van der Waals surface area contributed by atoms with Crippen LogP contribution in [0.5, 0.6) is 0 Å². The first-order valence-electron chi connectivity index (χ1n) is 9.77. The van der Waals surface area contributed by atoms with Crippen LogP contribution in [0.25, 0.3) is 10.9 Å². The largest absolute Gasteiger partial charge is 0.314 e. The van der Waals surface area contributed by atoms with Crippen LogP contribution in [0.3, 0.4) is 0 Å². The molecule has 5 nitrogen and oxygen atoms in total. The molecule has 4 rings (SSSR count). The molecule has 0 unspecified atom stereocenters. The van der Waals surface area contributed by atoms with Crippen molar-refractivity contribution in [3.05, 3.63) is 76.3 Å². The van der Waals surface area contributed by atoms with Gasteiger partial charge < -0.3 is 10.2 Å². The second-order valence-corrected chi connectivity index (χ2v) is 7.12. The second-order valence-electron chi connectivity index (χ2n) is 7.12. The highest BCUT2D eigenvalue weighted by Crippen LogP contribution is 2.12. The molecule has 140 valence electrons. The minimum Gasteiger partial charge on any atom is -0.314 e. The number of piperazine rings is 1. The van der Waals surface area contributed by atoms with E-state index in [0.29, 0.717) is 11.9 Å². The van der Waals surface area contributed by atoms with Gasteiger partial charge in [0.15, 0.2) is 0 Å². The maximum Gasteiger partial charge on any atom is 0.261 e. The van der Waals surface area contributed by atoms with Crippen molar-refractivity contribution in [2.75, 3.05) is 32.7 Å². The van der Waals surface area contributed by atoms with Crippen LogP contribution in [0.2, 0.25) is 0 Å². The average molecular weight is 362 g/mol. The van der Waals surface area contributed by atoms with Gasteiger partial charge in [-0.15, -0.1) is 0 Å². The third-order valence-corrected chi connectivity index (χ3v) is 5.21. The molecule has 0 saturated carbocycles. The summed E-state index contributed by atoms with van der Waals surface area (Å²) in [6.45, 7) is 5.94. The van der Waals surface area contributed by atoms with Crippen LogP contribution in [-0.4, -0.2) is 47.2 Å². The molecule has 0 spiro atoms. The molecule has 1 aliphatic rings. The Labute approximate surface area is 159 Å². The number of nitrogens with one attached hydrogen (secondary N) is 1. The van der Waals surface area contributed by atoms with Crippen molar-refractivity contribution in [2.24, 2.45) is 0 Å². The molecule has 1 aliphatic heterocycles. The van der Waals surface area contributed by atoms with Crippen molar-refractivity contribution in [3.8, 4) is 0 Å². The summed E-state index contributed by atoms with van der Waals surface area (Å²) in [5, 5.41) is 4.08. The van der Waals surface area contributed by atoms with Gasteiger partial charge in [-0.25, -0.2) is 4.98 Å². The van der Waals surface area contributed by atoms with E-state index in [4.69, 9.17) is 4.98 Å². The molecule has 1 fully saturated rings.